The van der Waals surface area contributed by atoms with Crippen molar-refractivity contribution in [1.82, 2.24) is 16.0 Å². The van der Waals surface area contributed by atoms with Crippen LogP contribution in [0.2, 0.25) is 0 Å². The summed E-state index contributed by atoms with van der Waals surface area (Å²) in [7, 11) is 0. The van der Waals surface area contributed by atoms with E-state index in [9.17, 15) is 9.59 Å². The summed E-state index contributed by atoms with van der Waals surface area (Å²) in [6.07, 6.45) is 3.02. The van der Waals surface area contributed by atoms with E-state index in [4.69, 9.17) is 0 Å². The van der Waals surface area contributed by atoms with Gasteiger partial charge in [-0.25, -0.2) is 0 Å². The number of carbonyl (C=O) groups is 2. The van der Waals surface area contributed by atoms with Crippen LogP contribution in [0.1, 0.15) is 37.2 Å². The van der Waals surface area contributed by atoms with E-state index in [0.717, 1.165) is 25.8 Å². The summed E-state index contributed by atoms with van der Waals surface area (Å²) in [6, 6.07) is 10.2. The topological polar surface area (TPSA) is 70.2 Å². The van der Waals surface area contributed by atoms with E-state index >= 15 is 0 Å². The first kappa shape index (κ1) is 16.5. The first-order valence-electron chi connectivity index (χ1n) is 8.05. The summed E-state index contributed by atoms with van der Waals surface area (Å²) in [5.41, 5.74) is 1.23. The van der Waals surface area contributed by atoms with Crippen molar-refractivity contribution in [3.05, 3.63) is 35.9 Å². The van der Waals surface area contributed by atoms with E-state index in [2.05, 4.69) is 28.1 Å². The van der Waals surface area contributed by atoms with Gasteiger partial charge in [-0.1, -0.05) is 30.3 Å². The molecule has 2 rings (SSSR count). The second-order valence-electron chi connectivity index (χ2n) is 5.67. The summed E-state index contributed by atoms with van der Waals surface area (Å²) in [6.45, 7) is 2.37. The van der Waals surface area contributed by atoms with E-state index in [1.54, 1.807) is 0 Å². The Balaban J connectivity index is 1.97. The first-order chi connectivity index (χ1) is 10.8. The maximum Gasteiger partial charge on any atom is 0.233 e. The van der Waals surface area contributed by atoms with Crippen LogP contribution < -0.4 is 16.0 Å². The Kier molecular flexibility index (Phi) is 6.90. The Morgan fingerprint density at radius 3 is 2.45 bits per heavy atom. The molecule has 3 N–H and O–H groups in total. The second kappa shape index (κ2) is 9.20. The molecule has 22 heavy (non-hydrogen) atoms. The number of benzene rings is 1. The molecule has 120 valence electrons. The Morgan fingerprint density at radius 2 is 1.64 bits per heavy atom. The van der Waals surface area contributed by atoms with Gasteiger partial charge in [-0.2, -0.15) is 0 Å². The number of carbonyl (C=O) groups excluding carboxylic acids is 2. The summed E-state index contributed by atoms with van der Waals surface area (Å²) in [5, 5.41) is 8.97. The molecular formula is C17H25N3O2. The number of hydrogen-bond donors (Lipinski definition) is 3. The van der Waals surface area contributed by atoms with Gasteiger partial charge in [0.05, 0.1) is 6.54 Å². The smallest absolute Gasteiger partial charge is 0.233 e. The van der Waals surface area contributed by atoms with Crippen molar-refractivity contribution in [2.75, 3.05) is 26.2 Å². The molecule has 1 atom stereocenters. The van der Waals surface area contributed by atoms with Crippen molar-refractivity contribution in [3.63, 3.8) is 0 Å². The van der Waals surface area contributed by atoms with Crippen molar-refractivity contribution >= 4 is 11.8 Å². The molecular weight excluding hydrogens is 278 g/mol. The minimum Gasteiger partial charge on any atom is -0.356 e. The molecule has 1 aromatic carbocycles. The van der Waals surface area contributed by atoms with Crippen LogP contribution in [0.25, 0.3) is 0 Å². The molecule has 5 heteroatoms. The third-order valence-corrected chi connectivity index (χ3v) is 3.94. The molecule has 0 spiro atoms. The molecule has 0 aromatic heterocycles. The molecule has 1 aliphatic heterocycles. The maximum absolute atomic E-state index is 11.9. The summed E-state index contributed by atoms with van der Waals surface area (Å²) in [5.74, 6) is 0.443. The van der Waals surface area contributed by atoms with Gasteiger partial charge in [0.2, 0.25) is 11.8 Å². The molecule has 1 heterocycles. The van der Waals surface area contributed by atoms with Crippen molar-refractivity contribution in [1.29, 1.82) is 0 Å². The van der Waals surface area contributed by atoms with E-state index in [1.807, 2.05) is 18.2 Å². The first-order valence-corrected chi connectivity index (χ1v) is 8.05. The number of amides is 2. The van der Waals surface area contributed by atoms with Crippen molar-refractivity contribution in [3.8, 4) is 0 Å². The largest absolute Gasteiger partial charge is 0.356 e. The molecule has 1 unspecified atom stereocenters. The van der Waals surface area contributed by atoms with Gasteiger partial charge in [-0.3, -0.25) is 9.59 Å². The van der Waals surface area contributed by atoms with Gasteiger partial charge in [0.25, 0.3) is 0 Å². The lowest BCUT2D eigenvalue weighted by Gasteiger charge is -2.18. The quantitative estimate of drug-likeness (QED) is 0.729. The van der Waals surface area contributed by atoms with Gasteiger partial charge in [-0.15, -0.1) is 0 Å². The van der Waals surface area contributed by atoms with Gasteiger partial charge < -0.3 is 16.0 Å². The van der Waals surface area contributed by atoms with Crippen LogP contribution in [0.15, 0.2) is 30.3 Å². The second-order valence-corrected chi connectivity index (χ2v) is 5.67. The Labute approximate surface area is 131 Å². The van der Waals surface area contributed by atoms with Crippen LogP contribution in [0.3, 0.4) is 0 Å². The number of rotatable bonds is 1. The molecule has 1 fully saturated rings. The number of hydrogen-bond acceptors (Lipinski definition) is 3. The zero-order valence-corrected chi connectivity index (χ0v) is 12.9. The summed E-state index contributed by atoms with van der Waals surface area (Å²) in [4.78, 5) is 23.6. The van der Waals surface area contributed by atoms with E-state index in [0.29, 0.717) is 32.0 Å². The molecule has 0 saturated carbocycles. The highest BCUT2D eigenvalue weighted by molar-refractivity contribution is 5.78. The van der Waals surface area contributed by atoms with Gasteiger partial charge in [0, 0.05) is 19.5 Å². The fourth-order valence-corrected chi connectivity index (χ4v) is 2.69. The third kappa shape index (κ3) is 5.85. The maximum atomic E-state index is 11.9. The van der Waals surface area contributed by atoms with Crippen LogP contribution in [-0.2, 0) is 9.59 Å². The molecule has 1 aliphatic rings. The van der Waals surface area contributed by atoms with Crippen LogP contribution in [0, 0.1) is 0 Å². The predicted octanol–water partition coefficient (Wildman–Crippen LogP) is 1.17. The van der Waals surface area contributed by atoms with Gasteiger partial charge in [0.1, 0.15) is 0 Å². The highest BCUT2D eigenvalue weighted by Crippen LogP contribution is 2.24. The molecule has 0 bridgehead atoms. The standard InChI is InChI=1S/C17H25N3O2/c21-16-8-7-15(14-5-2-1-3-6-14)9-12-20-17(22)13-18-10-4-11-19-16/h1-3,5-6,15,18H,4,7-13H2,(H,19,21)(H,20,22). The number of nitrogens with one attached hydrogen (secondary N) is 3. The Bertz CT molecular complexity index is 476. The van der Waals surface area contributed by atoms with Crippen LogP contribution >= 0.6 is 0 Å². The lowest BCUT2D eigenvalue weighted by molar-refractivity contribution is -0.122. The molecule has 1 saturated heterocycles. The molecule has 2 amide bonds. The lowest BCUT2D eigenvalue weighted by atomic mass is 9.91. The molecule has 0 radical (unpaired) electrons. The third-order valence-electron chi connectivity index (χ3n) is 3.94. The highest BCUT2D eigenvalue weighted by Gasteiger charge is 2.14. The Morgan fingerprint density at radius 1 is 0.864 bits per heavy atom. The molecule has 0 aliphatic carbocycles. The average molecular weight is 303 g/mol. The molecule has 1 aromatic rings. The monoisotopic (exact) mass is 303 g/mol. The van der Waals surface area contributed by atoms with Crippen molar-refractivity contribution < 1.29 is 9.59 Å². The molecule has 5 nitrogen and oxygen atoms in total. The zero-order chi connectivity index (χ0) is 15.6. The fourth-order valence-electron chi connectivity index (χ4n) is 2.69. The highest BCUT2D eigenvalue weighted by atomic mass is 16.2. The van der Waals surface area contributed by atoms with Crippen molar-refractivity contribution in [2.24, 2.45) is 0 Å². The SMILES string of the molecule is O=C1CCC(c2ccccc2)CCNC(=O)CNCCCN1. The summed E-state index contributed by atoms with van der Waals surface area (Å²) < 4.78 is 0. The van der Waals surface area contributed by atoms with Crippen LogP contribution in [0.5, 0.6) is 0 Å². The normalized spacial score (nSPS) is 22.3. The van der Waals surface area contributed by atoms with E-state index < -0.39 is 0 Å². The average Bonchev–Trinajstić information content (AvgIpc) is 2.54. The lowest BCUT2D eigenvalue weighted by Crippen LogP contribution is -2.36. The minimum absolute atomic E-state index is 0.0351. The minimum atomic E-state index is 0.0351. The summed E-state index contributed by atoms with van der Waals surface area (Å²) >= 11 is 0. The van der Waals surface area contributed by atoms with Crippen LogP contribution in [-0.4, -0.2) is 38.0 Å². The van der Waals surface area contributed by atoms with Gasteiger partial charge in [0.15, 0.2) is 0 Å². The van der Waals surface area contributed by atoms with E-state index in [1.165, 1.54) is 5.56 Å². The van der Waals surface area contributed by atoms with Gasteiger partial charge in [-0.05, 0) is 37.3 Å². The predicted molar refractivity (Wildman–Crippen MR) is 86.5 cm³/mol. The Hall–Kier alpha value is -1.88. The van der Waals surface area contributed by atoms with E-state index in [-0.39, 0.29) is 11.8 Å². The van der Waals surface area contributed by atoms with Crippen LogP contribution in [0.4, 0.5) is 0 Å². The zero-order valence-electron chi connectivity index (χ0n) is 12.9. The van der Waals surface area contributed by atoms with Crippen molar-refractivity contribution in [2.45, 2.75) is 31.6 Å². The van der Waals surface area contributed by atoms with Gasteiger partial charge >= 0.3 is 0 Å². The fraction of sp³-hybridized carbons (Fsp3) is 0.529.